The number of nitrogens with one attached hydrogen (secondary N) is 1. The minimum atomic E-state index is -0.200. The van der Waals surface area contributed by atoms with Crippen molar-refractivity contribution in [3.05, 3.63) is 0 Å². The quantitative estimate of drug-likeness (QED) is 0.308. The van der Waals surface area contributed by atoms with E-state index in [2.05, 4.69) is 36.0 Å². The van der Waals surface area contributed by atoms with Crippen LogP contribution in [-0.4, -0.2) is 50.1 Å². The minimum Gasteiger partial charge on any atom is -0.469 e. The van der Waals surface area contributed by atoms with Crippen LogP contribution < -0.4 is 5.32 Å². The number of esters is 1. The number of carbonyl (C=O) groups excluding carboxylic acids is 1. The lowest BCUT2D eigenvalue weighted by Gasteiger charge is -2.22. The van der Waals surface area contributed by atoms with E-state index in [-0.39, 0.29) is 35.9 Å². The van der Waals surface area contributed by atoms with Gasteiger partial charge in [-0.1, -0.05) is 20.8 Å². The Balaban J connectivity index is 0.00000441. The average Bonchev–Trinajstić information content (AvgIpc) is 2.89. The summed E-state index contributed by atoms with van der Waals surface area (Å²) in [6.45, 7) is 11.9. The van der Waals surface area contributed by atoms with Gasteiger partial charge in [-0.25, -0.2) is 0 Å². The molecule has 1 aliphatic rings. The standard InChI is InChI=1S/C16H31N3O2.HI/c1-6-17-16(18-10-13(4)15(20)21-5)19-8-7-14(11-19)9-12(2)3;/h12-14H,6-11H2,1-5H3,(H,17,18);1H. The number of guanidine groups is 1. The number of halogens is 1. The van der Waals surface area contributed by atoms with Crippen molar-refractivity contribution in [3.63, 3.8) is 0 Å². The number of rotatable bonds is 6. The monoisotopic (exact) mass is 425 g/mol. The molecule has 0 aromatic heterocycles. The fourth-order valence-electron chi connectivity index (χ4n) is 2.81. The van der Waals surface area contributed by atoms with Gasteiger partial charge in [0.1, 0.15) is 0 Å². The predicted molar refractivity (Wildman–Crippen MR) is 102 cm³/mol. The van der Waals surface area contributed by atoms with E-state index >= 15 is 0 Å². The van der Waals surface area contributed by atoms with Crippen molar-refractivity contribution in [1.82, 2.24) is 10.2 Å². The highest BCUT2D eigenvalue weighted by Gasteiger charge is 2.25. The van der Waals surface area contributed by atoms with Crippen molar-refractivity contribution in [2.24, 2.45) is 22.7 Å². The van der Waals surface area contributed by atoms with E-state index in [9.17, 15) is 4.79 Å². The number of nitrogens with zero attached hydrogens (tertiary/aromatic N) is 2. The highest BCUT2D eigenvalue weighted by Crippen LogP contribution is 2.23. The molecular formula is C16H32IN3O2. The average molecular weight is 425 g/mol. The van der Waals surface area contributed by atoms with E-state index in [1.54, 1.807) is 0 Å². The second-order valence-corrected chi connectivity index (χ2v) is 6.35. The molecule has 1 fully saturated rings. The summed E-state index contributed by atoms with van der Waals surface area (Å²) < 4.78 is 4.75. The smallest absolute Gasteiger partial charge is 0.310 e. The maximum atomic E-state index is 11.5. The third-order valence-corrected chi connectivity index (χ3v) is 3.84. The van der Waals surface area contributed by atoms with Gasteiger partial charge in [-0.2, -0.15) is 0 Å². The van der Waals surface area contributed by atoms with Gasteiger partial charge in [0.25, 0.3) is 0 Å². The zero-order valence-corrected chi connectivity index (χ0v) is 16.9. The normalized spacial score (nSPS) is 19.8. The summed E-state index contributed by atoms with van der Waals surface area (Å²) in [4.78, 5) is 18.4. The number of hydrogen-bond donors (Lipinski definition) is 1. The molecule has 0 bridgehead atoms. The lowest BCUT2D eigenvalue weighted by Crippen LogP contribution is -2.40. The van der Waals surface area contributed by atoms with Crippen LogP contribution in [0, 0.1) is 17.8 Å². The molecule has 1 N–H and O–H groups in total. The Morgan fingerprint density at radius 1 is 1.41 bits per heavy atom. The first-order chi connectivity index (χ1) is 9.97. The van der Waals surface area contributed by atoms with E-state index in [1.165, 1.54) is 20.0 Å². The molecule has 0 aromatic carbocycles. The van der Waals surface area contributed by atoms with Crippen molar-refractivity contribution in [2.45, 2.75) is 40.5 Å². The summed E-state index contributed by atoms with van der Waals surface area (Å²) in [7, 11) is 1.42. The van der Waals surface area contributed by atoms with Crippen LogP contribution in [0.25, 0.3) is 0 Å². The molecule has 1 rings (SSSR count). The number of hydrogen-bond acceptors (Lipinski definition) is 3. The molecule has 1 saturated heterocycles. The van der Waals surface area contributed by atoms with E-state index < -0.39 is 0 Å². The molecule has 6 heteroatoms. The van der Waals surface area contributed by atoms with Crippen LogP contribution in [0.1, 0.15) is 40.5 Å². The van der Waals surface area contributed by atoms with E-state index in [0.717, 1.165) is 37.4 Å². The third-order valence-electron chi connectivity index (χ3n) is 3.84. The molecule has 22 heavy (non-hydrogen) atoms. The number of ether oxygens (including phenoxy) is 1. The zero-order chi connectivity index (χ0) is 15.8. The first-order valence-electron chi connectivity index (χ1n) is 8.09. The molecule has 1 aliphatic heterocycles. The van der Waals surface area contributed by atoms with Crippen LogP contribution in [0.15, 0.2) is 4.99 Å². The SMILES string of the molecule is CCNC(=NCC(C)C(=O)OC)N1CCC(CC(C)C)C1.I. The van der Waals surface area contributed by atoms with Crippen molar-refractivity contribution in [1.29, 1.82) is 0 Å². The zero-order valence-electron chi connectivity index (χ0n) is 14.6. The Hall–Kier alpha value is -0.530. The maximum absolute atomic E-state index is 11.5. The lowest BCUT2D eigenvalue weighted by molar-refractivity contribution is -0.144. The molecule has 2 atom stereocenters. The molecule has 0 aliphatic carbocycles. The Labute approximate surface area is 152 Å². The summed E-state index contributed by atoms with van der Waals surface area (Å²) >= 11 is 0. The Kier molecular flexibility index (Phi) is 10.8. The Morgan fingerprint density at radius 2 is 2.09 bits per heavy atom. The van der Waals surface area contributed by atoms with Gasteiger partial charge >= 0.3 is 5.97 Å². The summed E-state index contributed by atoms with van der Waals surface area (Å²) in [5, 5.41) is 3.33. The van der Waals surface area contributed by atoms with E-state index in [0.29, 0.717) is 6.54 Å². The third kappa shape index (κ3) is 7.15. The van der Waals surface area contributed by atoms with Crippen LogP contribution in [-0.2, 0) is 9.53 Å². The molecule has 5 nitrogen and oxygen atoms in total. The molecule has 0 spiro atoms. The van der Waals surface area contributed by atoms with Crippen molar-refractivity contribution in [3.8, 4) is 0 Å². The van der Waals surface area contributed by atoms with Crippen LogP contribution in [0.2, 0.25) is 0 Å². The number of likely N-dealkylation sites (tertiary alicyclic amines) is 1. The topological polar surface area (TPSA) is 53.9 Å². The first-order valence-corrected chi connectivity index (χ1v) is 8.09. The fraction of sp³-hybridized carbons (Fsp3) is 0.875. The maximum Gasteiger partial charge on any atom is 0.310 e. The van der Waals surface area contributed by atoms with Crippen molar-refractivity contribution < 1.29 is 9.53 Å². The first kappa shape index (κ1) is 21.5. The molecule has 0 aromatic rings. The van der Waals surface area contributed by atoms with Gasteiger partial charge in [0.15, 0.2) is 5.96 Å². The van der Waals surface area contributed by atoms with Crippen LogP contribution >= 0.6 is 24.0 Å². The van der Waals surface area contributed by atoms with Crippen molar-refractivity contribution >= 4 is 35.9 Å². The predicted octanol–water partition coefficient (Wildman–Crippen LogP) is 2.75. The summed E-state index contributed by atoms with van der Waals surface area (Å²) in [5.74, 6) is 2.03. The molecular weight excluding hydrogens is 393 g/mol. The van der Waals surface area contributed by atoms with E-state index in [4.69, 9.17) is 4.74 Å². The minimum absolute atomic E-state index is 0. The van der Waals surface area contributed by atoms with Crippen molar-refractivity contribution in [2.75, 3.05) is 33.3 Å². The second kappa shape index (κ2) is 11.1. The largest absolute Gasteiger partial charge is 0.469 e. The lowest BCUT2D eigenvalue weighted by atomic mass is 9.97. The fourth-order valence-corrected chi connectivity index (χ4v) is 2.81. The van der Waals surface area contributed by atoms with Gasteiger partial charge in [-0.15, -0.1) is 24.0 Å². The van der Waals surface area contributed by atoms with Gasteiger partial charge < -0.3 is 15.0 Å². The van der Waals surface area contributed by atoms with Gasteiger partial charge in [-0.05, 0) is 31.6 Å². The highest BCUT2D eigenvalue weighted by molar-refractivity contribution is 14.0. The summed E-state index contributed by atoms with van der Waals surface area (Å²) in [5.41, 5.74) is 0. The Morgan fingerprint density at radius 3 is 2.64 bits per heavy atom. The van der Waals surface area contributed by atoms with Gasteiger partial charge in [0.2, 0.25) is 0 Å². The molecule has 0 amide bonds. The molecule has 0 radical (unpaired) electrons. The van der Waals surface area contributed by atoms with E-state index in [1.807, 2.05) is 6.92 Å². The van der Waals surface area contributed by atoms with Gasteiger partial charge in [0.05, 0.1) is 19.6 Å². The number of carbonyl (C=O) groups is 1. The number of aliphatic imine (C=N–C) groups is 1. The van der Waals surface area contributed by atoms with Crippen LogP contribution in [0.5, 0.6) is 0 Å². The van der Waals surface area contributed by atoms with Crippen LogP contribution in [0.3, 0.4) is 0 Å². The summed E-state index contributed by atoms with van der Waals surface area (Å²) in [6.07, 6.45) is 2.50. The second-order valence-electron chi connectivity index (χ2n) is 6.35. The summed E-state index contributed by atoms with van der Waals surface area (Å²) in [6, 6.07) is 0. The van der Waals surface area contributed by atoms with Gasteiger partial charge in [-0.3, -0.25) is 9.79 Å². The molecule has 130 valence electrons. The van der Waals surface area contributed by atoms with Crippen LogP contribution in [0.4, 0.5) is 0 Å². The molecule has 0 saturated carbocycles. The molecule has 1 heterocycles. The highest BCUT2D eigenvalue weighted by atomic mass is 127. The molecule has 2 unspecified atom stereocenters. The number of methoxy groups -OCH3 is 1. The van der Waals surface area contributed by atoms with Gasteiger partial charge in [0, 0.05) is 19.6 Å². The Bertz CT molecular complexity index is 361.